The number of carbonyl (C=O) groups excluding carboxylic acids is 1. The summed E-state index contributed by atoms with van der Waals surface area (Å²) in [6, 6.07) is 6.15. The van der Waals surface area contributed by atoms with Crippen LogP contribution in [-0.2, 0) is 16.0 Å². The van der Waals surface area contributed by atoms with Gasteiger partial charge in [-0.25, -0.2) is 0 Å². The van der Waals surface area contributed by atoms with Crippen molar-refractivity contribution in [3.8, 4) is 5.75 Å². The summed E-state index contributed by atoms with van der Waals surface area (Å²) in [4.78, 5) is 11.7. The van der Waals surface area contributed by atoms with Crippen LogP contribution in [0.1, 0.15) is 38.3 Å². The Bertz CT molecular complexity index is 483. The van der Waals surface area contributed by atoms with Crippen LogP contribution in [0.2, 0.25) is 0 Å². The van der Waals surface area contributed by atoms with E-state index in [9.17, 15) is 4.79 Å². The summed E-state index contributed by atoms with van der Waals surface area (Å²) in [5.74, 6) is 0.517. The van der Waals surface area contributed by atoms with Crippen LogP contribution in [0.4, 0.5) is 0 Å². The molecule has 0 fully saturated rings. The first kappa shape index (κ1) is 17.5. The topological polar surface area (TPSA) is 61.5 Å². The summed E-state index contributed by atoms with van der Waals surface area (Å²) in [6.45, 7) is 8.01. The molecule has 1 atom stereocenters. The normalized spacial score (nSPS) is 12.9. The molecular formula is C17H27NO3. The predicted molar refractivity (Wildman–Crippen MR) is 84.4 cm³/mol. The van der Waals surface area contributed by atoms with E-state index in [4.69, 9.17) is 15.2 Å². The Labute approximate surface area is 127 Å². The Kier molecular flexibility index (Phi) is 6.21. The lowest BCUT2D eigenvalue weighted by Gasteiger charge is -2.23. The molecule has 0 saturated carbocycles. The highest BCUT2D eigenvalue weighted by Gasteiger charge is 2.30. The van der Waals surface area contributed by atoms with Crippen molar-refractivity contribution in [2.75, 3.05) is 13.7 Å². The Hall–Kier alpha value is -1.55. The van der Waals surface area contributed by atoms with E-state index in [-0.39, 0.29) is 18.6 Å². The lowest BCUT2D eigenvalue weighted by molar-refractivity contribution is -0.152. The van der Waals surface area contributed by atoms with E-state index in [2.05, 4.69) is 13.0 Å². The molecule has 21 heavy (non-hydrogen) atoms. The maximum atomic E-state index is 11.7. The fourth-order valence-electron chi connectivity index (χ4n) is 2.03. The number of hydrogen-bond acceptors (Lipinski definition) is 4. The van der Waals surface area contributed by atoms with Crippen molar-refractivity contribution in [3.05, 3.63) is 29.3 Å². The van der Waals surface area contributed by atoms with Gasteiger partial charge in [-0.05, 0) is 45.2 Å². The predicted octanol–water partition coefficient (Wildman–Crippen LogP) is 2.85. The Morgan fingerprint density at radius 3 is 2.62 bits per heavy atom. The average molecular weight is 293 g/mol. The van der Waals surface area contributed by atoms with Gasteiger partial charge < -0.3 is 15.2 Å². The zero-order chi connectivity index (χ0) is 16.0. The number of carbonyl (C=O) groups is 1. The Morgan fingerprint density at radius 1 is 1.38 bits per heavy atom. The third-order valence-electron chi connectivity index (χ3n) is 3.55. The van der Waals surface area contributed by atoms with Crippen molar-refractivity contribution in [1.82, 2.24) is 0 Å². The molecule has 0 spiro atoms. The molecule has 0 amide bonds. The fourth-order valence-corrected chi connectivity index (χ4v) is 2.03. The summed E-state index contributed by atoms with van der Waals surface area (Å²) >= 11 is 0. The van der Waals surface area contributed by atoms with Gasteiger partial charge in [0.05, 0.1) is 12.5 Å². The van der Waals surface area contributed by atoms with Crippen molar-refractivity contribution in [3.63, 3.8) is 0 Å². The van der Waals surface area contributed by atoms with Gasteiger partial charge in [0, 0.05) is 6.04 Å². The van der Waals surface area contributed by atoms with E-state index in [1.807, 2.05) is 32.9 Å². The van der Waals surface area contributed by atoms with Crippen LogP contribution < -0.4 is 10.5 Å². The second kappa shape index (κ2) is 7.46. The highest BCUT2D eigenvalue weighted by Crippen LogP contribution is 2.25. The highest BCUT2D eigenvalue weighted by atomic mass is 16.5. The molecule has 0 aliphatic carbocycles. The minimum absolute atomic E-state index is 0.114. The number of esters is 1. The van der Waals surface area contributed by atoms with Gasteiger partial charge in [-0.15, -0.1) is 0 Å². The number of hydrogen-bond donors (Lipinski definition) is 1. The van der Waals surface area contributed by atoms with Crippen LogP contribution in [0.5, 0.6) is 5.75 Å². The molecule has 1 aromatic carbocycles. The number of benzene rings is 1. The van der Waals surface area contributed by atoms with Crippen LogP contribution in [0.15, 0.2) is 18.2 Å². The van der Waals surface area contributed by atoms with E-state index in [0.29, 0.717) is 0 Å². The summed E-state index contributed by atoms with van der Waals surface area (Å²) in [7, 11) is 1.39. The molecule has 0 aliphatic heterocycles. The zero-order valence-electron chi connectivity index (χ0n) is 13.7. The van der Waals surface area contributed by atoms with Crippen molar-refractivity contribution < 1.29 is 14.3 Å². The molecule has 0 saturated heterocycles. The minimum atomic E-state index is -0.677. The molecule has 1 rings (SSSR count). The zero-order valence-corrected chi connectivity index (χ0v) is 13.7. The van der Waals surface area contributed by atoms with E-state index in [0.717, 1.165) is 24.2 Å². The second-order valence-corrected chi connectivity index (χ2v) is 6.15. The SMILES string of the molecule is CCC(N)Cc1cc(C)ccc1OCC(C)(C)C(=O)OC. The number of rotatable bonds is 7. The van der Waals surface area contributed by atoms with Crippen molar-refractivity contribution in [2.45, 2.75) is 46.6 Å². The molecule has 0 aromatic heterocycles. The van der Waals surface area contributed by atoms with Gasteiger partial charge in [-0.2, -0.15) is 0 Å². The Morgan fingerprint density at radius 2 is 2.05 bits per heavy atom. The third kappa shape index (κ3) is 5.05. The van der Waals surface area contributed by atoms with E-state index < -0.39 is 5.41 Å². The molecule has 0 heterocycles. The van der Waals surface area contributed by atoms with Gasteiger partial charge in [0.25, 0.3) is 0 Å². The van der Waals surface area contributed by atoms with Gasteiger partial charge >= 0.3 is 5.97 Å². The summed E-state index contributed by atoms with van der Waals surface area (Å²) in [5.41, 5.74) is 7.63. The number of methoxy groups -OCH3 is 1. The first-order valence-electron chi connectivity index (χ1n) is 7.36. The lowest BCUT2D eigenvalue weighted by Crippen LogP contribution is -2.32. The van der Waals surface area contributed by atoms with Crippen LogP contribution in [0.3, 0.4) is 0 Å². The largest absolute Gasteiger partial charge is 0.492 e. The summed E-state index contributed by atoms with van der Waals surface area (Å²) in [5, 5.41) is 0. The van der Waals surface area contributed by atoms with Gasteiger partial charge in [0.1, 0.15) is 12.4 Å². The quantitative estimate of drug-likeness (QED) is 0.785. The fraction of sp³-hybridized carbons (Fsp3) is 0.588. The first-order chi connectivity index (χ1) is 9.80. The van der Waals surface area contributed by atoms with Crippen LogP contribution in [0.25, 0.3) is 0 Å². The van der Waals surface area contributed by atoms with Gasteiger partial charge in [0.15, 0.2) is 0 Å². The lowest BCUT2D eigenvalue weighted by atomic mass is 9.95. The number of nitrogens with two attached hydrogens (primary N) is 1. The molecule has 4 nitrogen and oxygen atoms in total. The first-order valence-corrected chi connectivity index (χ1v) is 7.36. The monoisotopic (exact) mass is 293 g/mol. The van der Waals surface area contributed by atoms with Crippen molar-refractivity contribution >= 4 is 5.97 Å². The molecule has 118 valence electrons. The van der Waals surface area contributed by atoms with Gasteiger partial charge in [0.2, 0.25) is 0 Å². The molecular weight excluding hydrogens is 266 g/mol. The molecule has 2 N–H and O–H groups in total. The second-order valence-electron chi connectivity index (χ2n) is 6.15. The highest BCUT2D eigenvalue weighted by molar-refractivity contribution is 5.75. The summed E-state index contributed by atoms with van der Waals surface area (Å²) in [6.07, 6.45) is 1.69. The van der Waals surface area contributed by atoms with E-state index in [1.165, 1.54) is 12.7 Å². The van der Waals surface area contributed by atoms with Gasteiger partial charge in [-0.3, -0.25) is 4.79 Å². The molecule has 1 aromatic rings. The van der Waals surface area contributed by atoms with E-state index >= 15 is 0 Å². The van der Waals surface area contributed by atoms with Gasteiger partial charge in [-0.1, -0.05) is 24.6 Å². The molecule has 0 radical (unpaired) electrons. The molecule has 0 bridgehead atoms. The molecule has 4 heteroatoms. The number of aryl methyl sites for hydroxylation is 1. The number of ether oxygens (including phenoxy) is 2. The minimum Gasteiger partial charge on any atom is -0.492 e. The van der Waals surface area contributed by atoms with Crippen molar-refractivity contribution in [2.24, 2.45) is 11.1 Å². The molecule has 0 aliphatic rings. The molecule has 1 unspecified atom stereocenters. The summed E-state index contributed by atoms with van der Waals surface area (Å²) < 4.78 is 10.7. The maximum Gasteiger partial charge on any atom is 0.314 e. The third-order valence-corrected chi connectivity index (χ3v) is 3.55. The Balaban J connectivity index is 2.85. The standard InChI is InChI=1S/C17H27NO3/c1-6-14(18)10-13-9-12(2)7-8-15(13)21-11-17(3,4)16(19)20-5/h7-9,14H,6,10-11,18H2,1-5H3. The van der Waals surface area contributed by atoms with Crippen LogP contribution >= 0.6 is 0 Å². The van der Waals surface area contributed by atoms with E-state index in [1.54, 1.807) is 0 Å². The smallest absolute Gasteiger partial charge is 0.314 e. The van der Waals surface area contributed by atoms with Crippen molar-refractivity contribution in [1.29, 1.82) is 0 Å². The maximum absolute atomic E-state index is 11.7. The van der Waals surface area contributed by atoms with Crippen LogP contribution in [-0.4, -0.2) is 25.7 Å². The average Bonchev–Trinajstić information content (AvgIpc) is 2.45. The van der Waals surface area contributed by atoms with Crippen LogP contribution in [0, 0.1) is 12.3 Å².